The van der Waals surface area contributed by atoms with E-state index in [2.05, 4.69) is 15.5 Å². The first-order chi connectivity index (χ1) is 7.56. The third-order valence-electron chi connectivity index (χ3n) is 2.78. The molecule has 0 bridgehead atoms. The van der Waals surface area contributed by atoms with Crippen molar-refractivity contribution in [1.82, 2.24) is 10.2 Å². The molecule has 6 heteroatoms. The fourth-order valence-corrected chi connectivity index (χ4v) is 1.70. The molecule has 0 aliphatic rings. The van der Waals surface area contributed by atoms with Crippen LogP contribution in [0.1, 0.15) is 26.7 Å². The average Bonchev–Trinajstić information content (AvgIpc) is 2.31. The molecule has 1 rings (SSSR count). The molecule has 1 heterocycles. The Bertz CT molecular complexity index is 348. The number of anilines is 1. The van der Waals surface area contributed by atoms with E-state index >= 15 is 0 Å². The molecule has 0 unspecified atom stereocenters. The summed E-state index contributed by atoms with van der Waals surface area (Å²) in [5, 5.41) is 20.5. The minimum absolute atomic E-state index is 0.0241. The SMILES string of the molecule is CCC(CC)(CO)Nc1cc(Cl)nnc1Cl. The molecular weight excluding hydrogens is 249 g/mol. The third-order valence-corrected chi connectivity index (χ3v) is 3.24. The highest BCUT2D eigenvalue weighted by molar-refractivity contribution is 6.33. The van der Waals surface area contributed by atoms with Crippen molar-refractivity contribution >= 4 is 28.9 Å². The Kier molecular flexibility index (Phi) is 4.77. The first-order valence-electron chi connectivity index (χ1n) is 5.14. The van der Waals surface area contributed by atoms with Crippen LogP contribution in [0.4, 0.5) is 5.69 Å². The molecule has 0 amide bonds. The van der Waals surface area contributed by atoms with Gasteiger partial charge in [-0.2, -0.15) is 0 Å². The number of aliphatic hydroxyl groups excluding tert-OH is 1. The molecule has 1 aromatic rings. The molecule has 90 valence electrons. The van der Waals surface area contributed by atoms with Crippen LogP contribution < -0.4 is 5.32 Å². The van der Waals surface area contributed by atoms with Crippen molar-refractivity contribution in [2.24, 2.45) is 0 Å². The summed E-state index contributed by atoms with van der Waals surface area (Å²) in [4.78, 5) is 0. The molecule has 16 heavy (non-hydrogen) atoms. The number of hydrogen-bond donors (Lipinski definition) is 2. The highest BCUT2D eigenvalue weighted by atomic mass is 35.5. The van der Waals surface area contributed by atoms with Crippen LogP contribution in [0.25, 0.3) is 0 Å². The lowest BCUT2D eigenvalue weighted by molar-refractivity contribution is 0.202. The highest BCUT2D eigenvalue weighted by Crippen LogP contribution is 2.27. The van der Waals surface area contributed by atoms with Crippen molar-refractivity contribution in [3.05, 3.63) is 16.4 Å². The maximum atomic E-state index is 9.42. The molecule has 0 saturated carbocycles. The van der Waals surface area contributed by atoms with Crippen LogP contribution in [0.3, 0.4) is 0 Å². The second kappa shape index (κ2) is 5.66. The Labute approximate surface area is 105 Å². The summed E-state index contributed by atoms with van der Waals surface area (Å²) >= 11 is 11.6. The van der Waals surface area contributed by atoms with Gasteiger partial charge in [0.15, 0.2) is 10.3 Å². The van der Waals surface area contributed by atoms with Crippen molar-refractivity contribution in [2.45, 2.75) is 32.2 Å². The summed E-state index contributed by atoms with van der Waals surface area (Å²) < 4.78 is 0. The van der Waals surface area contributed by atoms with Crippen LogP contribution >= 0.6 is 23.2 Å². The number of nitrogens with one attached hydrogen (secondary N) is 1. The Morgan fingerprint density at radius 1 is 1.31 bits per heavy atom. The molecule has 0 atom stereocenters. The zero-order chi connectivity index (χ0) is 12.2. The van der Waals surface area contributed by atoms with E-state index in [0.29, 0.717) is 5.69 Å². The topological polar surface area (TPSA) is 58.0 Å². The molecule has 0 saturated heterocycles. The Balaban J connectivity index is 2.97. The van der Waals surface area contributed by atoms with Gasteiger partial charge in [-0.3, -0.25) is 0 Å². The van der Waals surface area contributed by atoms with Gasteiger partial charge in [-0.1, -0.05) is 37.0 Å². The Morgan fingerprint density at radius 2 is 1.94 bits per heavy atom. The van der Waals surface area contributed by atoms with Crippen LogP contribution in [0.2, 0.25) is 10.3 Å². The second-order valence-corrected chi connectivity index (χ2v) is 4.39. The predicted molar refractivity (Wildman–Crippen MR) is 66.1 cm³/mol. The fraction of sp³-hybridized carbons (Fsp3) is 0.600. The van der Waals surface area contributed by atoms with Crippen molar-refractivity contribution in [2.75, 3.05) is 11.9 Å². The van der Waals surface area contributed by atoms with Crippen molar-refractivity contribution in [1.29, 1.82) is 0 Å². The van der Waals surface area contributed by atoms with E-state index in [9.17, 15) is 5.11 Å². The molecule has 4 nitrogen and oxygen atoms in total. The lowest BCUT2D eigenvalue weighted by atomic mass is 9.93. The van der Waals surface area contributed by atoms with Gasteiger partial charge in [0.2, 0.25) is 0 Å². The van der Waals surface area contributed by atoms with Crippen LogP contribution in [0.15, 0.2) is 6.07 Å². The molecule has 0 aromatic carbocycles. The van der Waals surface area contributed by atoms with Gasteiger partial charge >= 0.3 is 0 Å². The van der Waals surface area contributed by atoms with Gasteiger partial charge in [-0.05, 0) is 12.8 Å². The van der Waals surface area contributed by atoms with Crippen LogP contribution in [-0.2, 0) is 0 Å². The van der Waals surface area contributed by atoms with Gasteiger partial charge in [-0.25, -0.2) is 0 Å². The quantitative estimate of drug-likeness (QED) is 0.858. The van der Waals surface area contributed by atoms with Gasteiger partial charge in [0.05, 0.1) is 17.8 Å². The number of aromatic nitrogens is 2. The normalized spacial score (nSPS) is 11.6. The summed E-state index contributed by atoms with van der Waals surface area (Å²) in [6, 6.07) is 1.60. The number of rotatable bonds is 5. The summed E-state index contributed by atoms with van der Waals surface area (Å²) in [6.45, 7) is 4.02. The molecule has 0 aliphatic heterocycles. The third kappa shape index (κ3) is 2.97. The van der Waals surface area contributed by atoms with Gasteiger partial charge in [0.1, 0.15) is 0 Å². The van der Waals surface area contributed by atoms with Crippen molar-refractivity contribution < 1.29 is 5.11 Å². The first kappa shape index (κ1) is 13.5. The molecule has 0 spiro atoms. The number of aliphatic hydroxyl groups is 1. The molecule has 1 aromatic heterocycles. The van der Waals surface area contributed by atoms with Crippen LogP contribution in [0.5, 0.6) is 0 Å². The lowest BCUT2D eigenvalue weighted by Gasteiger charge is -2.32. The summed E-state index contributed by atoms with van der Waals surface area (Å²) in [5.41, 5.74) is 0.204. The standard InChI is InChI=1S/C10H15Cl2N3O/c1-3-10(4-2,6-16)13-7-5-8(11)14-15-9(7)12/h5,16H,3-4,6H2,1-2H3,(H,13,14). The molecule has 0 radical (unpaired) electrons. The van der Waals surface area contributed by atoms with E-state index in [4.69, 9.17) is 23.2 Å². The van der Waals surface area contributed by atoms with Gasteiger partial charge < -0.3 is 10.4 Å². The van der Waals surface area contributed by atoms with Crippen molar-refractivity contribution in [3.8, 4) is 0 Å². The van der Waals surface area contributed by atoms with E-state index in [1.807, 2.05) is 13.8 Å². The Morgan fingerprint density at radius 3 is 2.44 bits per heavy atom. The van der Waals surface area contributed by atoms with Crippen LogP contribution in [-0.4, -0.2) is 27.4 Å². The monoisotopic (exact) mass is 263 g/mol. The largest absolute Gasteiger partial charge is 0.394 e. The highest BCUT2D eigenvalue weighted by Gasteiger charge is 2.26. The smallest absolute Gasteiger partial charge is 0.174 e. The Hall–Kier alpha value is -0.580. The average molecular weight is 264 g/mol. The van der Waals surface area contributed by atoms with E-state index in [1.165, 1.54) is 0 Å². The van der Waals surface area contributed by atoms with Crippen LogP contribution in [0, 0.1) is 0 Å². The second-order valence-electron chi connectivity index (χ2n) is 3.64. The zero-order valence-corrected chi connectivity index (χ0v) is 10.8. The van der Waals surface area contributed by atoms with Gasteiger partial charge in [-0.15, -0.1) is 10.2 Å². The predicted octanol–water partition coefficient (Wildman–Crippen LogP) is 2.75. The van der Waals surface area contributed by atoms with E-state index in [0.717, 1.165) is 12.8 Å². The molecule has 0 aliphatic carbocycles. The summed E-state index contributed by atoms with van der Waals surface area (Å²) in [5.74, 6) is 0. The fourth-order valence-electron chi connectivity index (χ4n) is 1.42. The maximum Gasteiger partial charge on any atom is 0.174 e. The molecule has 2 N–H and O–H groups in total. The van der Waals surface area contributed by atoms with Gasteiger partial charge in [0.25, 0.3) is 0 Å². The van der Waals surface area contributed by atoms with E-state index in [1.54, 1.807) is 6.07 Å². The summed E-state index contributed by atoms with van der Waals surface area (Å²) in [6.07, 6.45) is 1.55. The van der Waals surface area contributed by atoms with E-state index < -0.39 is 5.54 Å². The van der Waals surface area contributed by atoms with Crippen molar-refractivity contribution in [3.63, 3.8) is 0 Å². The van der Waals surface area contributed by atoms with E-state index in [-0.39, 0.29) is 16.9 Å². The first-order valence-corrected chi connectivity index (χ1v) is 5.90. The molecular formula is C10H15Cl2N3O. The minimum Gasteiger partial charge on any atom is -0.394 e. The zero-order valence-electron chi connectivity index (χ0n) is 9.30. The minimum atomic E-state index is -0.393. The number of nitrogens with zero attached hydrogens (tertiary/aromatic N) is 2. The number of hydrogen-bond acceptors (Lipinski definition) is 4. The maximum absolute atomic E-state index is 9.42. The lowest BCUT2D eigenvalue weighted by Crippen LogP contribution is -2.41. The summed E-state index contributed by atoms with van der Waals surface area (Å²) in [7, 11) is 0. The number of halogens is 2. The molecule has 0 fully saturated rings. The van der Waals surface area contributed by atoms with Gasteiger partial charge in [0, 0.05) is 6.07 Å².